The van der Waals surface area contributed by atoms with E-state index in [0.29, 0.717) is 46.7 Å². The molecule has 2 rings (SSSR count). The number of anilines is 1. The fraction of sp³-hybridized carbons (Fsp3) is 0.278. The van der Waals surface area contributed by atoms with E-state index in [2.05, 4.69) is 5.32 Å². The molecule has 0 heterocycles. The maximum absolute atomic E-state index is 12.6. The number of carbonyl (C=O) groups is 1. The van der Waals surface area contributed by atoms with Crippen LogP contribution in [0, 0.1) is 0 Å². The third kappa shape index (κ3) is 4.32. The molecule has 2 aromatic carbocycles. The molecule has 0 saturated heterocycles. The number of hydrogen-bond donors (Lipinski definition) is 1. The zero-order valence-corrected chi connectivity index (χ0v) is 14.6. The first-order valence-corrected chi connectivity index (χ1v) is 8.01. The van der Waals surface area contributed by atoms with Gasteiger partial charge in [0.15, 0.2) is 0 Å². The summed E-state index contributed by atoms with van der Waals surface area (Å²) in [5.41, 5.74) is 0.865. The number of hydrogen-bond acceptors (Lipinski definition) is 4. The Balaban J connectivity index is 2.33. The largest absolute Gasteiger partial charge is 0.496 e. The quantitative estimate of drug-likeness (QED) is 0.805. The van der Waals surface area contributed by atoms with E-state index >= 15 is 0 Å². The molecule has 0 bridgehead atoms. The molecule has 0 radical (unpaired) electrons. The van der Waals surface area contributed by atoms with Crippen LogP contribution in [0.3, 0.4) is 0 Å². The first-order chi connectivity index (χ1) is 11.6. The van der Waals surface area contributed by atoms with Gasteiger partial charge < -0.3 is 19.5 Å². The van der Waals surface area contributed by atoms with Gasteiger partial charge in [-0.25, -0.2) is 0 Å². The molecule has 24 heavy (non-hydrogen) atoms. The lowest BCUT2D eigenvalue weighted by Gasteiger charge is -2.14. The summed E-state index contributed by atoms with van der Waals surface area (Å²) in [6, 6.07) is 10.2. The number of carbonyl (C=O) groups excluding carboxylic acids is 1. The molecule has 5 nitrogen and oxygen atoms in total. The van der Waals surface area contributed by atoms with Gasteiger partial charge in [0.05, 0.1) is 31.6 Å². The minimum Gasteiger partial charge on any atom is -0.496 e. The number of amides is 1. The SMILES string of the molecule is CCOc1ccc(OCC)c(NC(=O)c2cc(Cl)ccc2OC)c1. The van der Waals surface area contributed by atoms with Crippen molar-refractivity contribution < 1.29 is 19.0 Å². The number of halogens is 1. The number of methoxy groups -OCH3 is 1. The van der Waals surface area contributed by atoms with Gasteiger partial charge in [-0.05, 0) is 44.2 Å². The molecule has 0 unspecified atom stereocenters. The second kappa shape index (κ2) is 8.45. The smallest absolute Gasteiger partial charge is 0.259 e. The Bertz CT molecular complexity index is 718. The third-order valence-corrected chi connectivity index (χ3v) is 3.45. The van der Waals surface area contributed by atoms with Crippen LogP contribution in [-0.2, 0) is 0 Å². The standard InChI is InChI=1S/C18H20ClNO4/c1-4-23-13-7-9-17(24-5-2)15(11-13)20-18(21)14-10-12(19)6-8-16(14)22-3/h6-11H,4-5H2,1-3H3,(H,20,21). The van der Waals surface area contributed by atoms with Crippen molar-refractivity contribution in [1.29, 1.82) is 0 Å². The molecule has 0 aliphatic rings. The van der Waals surface area contributed by atoms with Gasteiger partial charge in [-0.15, -0.1) is 0 Å². The van der Waals surface area contributed by atoms with Gasteiger partial charge in [0.25, 0.3) is 5.91 Å². The van der Waals surface area contributed by atoms with Crippen LogP contribution in [0.4, 0.5) is 5.69 Å². The van der Waals surface area contributed by atoms with Crippen LogP contribution in [0.5, 0.6) is 17.2 Å². The molecule has 1 N–H and O–H groups in total. The van der Waals surface area contributed by atoms with Gasteiger partial charge in [-0.2, -0.15) is 0 Å². The Kier molecular flexibility index (Phi) is 6.32. The first kappa shape index (κ1) is 17.9. The molecule has 0 aliphatic carbocycles. The number of rotatable bonds is 7. The maximum atomic E-state index is 12.6. The lowest BCUT2D eigenvalue weighted by molar-refractivity contribution is 0.102. The van der Waals surface area contributed by atoms with Gasteiger partial charge in [-0.3, -0.25) is 4.79 Å². The van der Waals surface area contributed by atoms with E-state index in [9.17, 15) is 4.79 Å². The summed E-state index contributed by atoms with van der Waals surface area (Å²) in [7, 11) is 1.50. The van der Waals surface area contributed by atoms with Crippen LogP contribution in [-0.4, -0.2) is 26.2 Å². The molecule has 0 saturated carbocycles. The second-order valence-corrected chi connectivity index (χ2v) is 5.26. The lowest BCUT2D eigenvalue weighted by atomic mass is 10.1. The highest BCUT2D eigenvalue weighted by Gasteiger charge is 2.16. The number of ether oxygens (including phenoxy) is 3. The predicted octanol–water partition coefficient (Wildman–Crippen LogP) is 4.40. The Labute approximate surface area is 146 Å². The van der Waals surface area contributed by atoms with Crippen LogP contribution in [0.1, 0.15) is 24.2 Å². The molecular formula is C18H20ClNO4. The van der Waals surface area contributed by atoms with E-state index in [0.717, 1.165) is 0 Å². The van der Waals surface area contributed by atoms with Crippen molar-refractivity contribution >= 4 is 23.2 Å². The van der Waals surface area contributed by atoms with Crippen LogP contribution < -0.4 is 19.5 Å². The highest BCUT2D eigenvalue weighted by molar-refractivity contribution is 6.31. The lowest BCUT2D eigenvalue weighted by Crippen LogP contribution is -2.14. The van der Waals surface area contributed by atoms with Gasteiger partial charge in [0.2, 0.25) is 0 Å². The van der Waals surface area contributed by atoms with Crippen molar-refractivity contribution in [3.8, 4) is 17.2 Å². The Morgan fingerprint density at radius 3 is 2.42 bits per heavy atom. The highest BCUT2D eigenvalue weighted by Crippen LogP contribution is 2.31. The molecule has 0 aliphatic heterocycles. The Morgan fingerprint density at radius 1 is 1.04 bits per heavy atom. The van der Waals surface area contributed by atoms with Gasteiger partial charge in [0.1, 0.15) is 17.2 Å². The van der Waals surface area contributed by atoms with Crippen LogP contribution in [0.2, 0.25) is 5.02 Å². The summed E-state index contributed by atoms with van der Waals surface area (Å²) in [4.78, 5) is 12.6. The average Bonchev–Trinajstić information content (AvgIpc) is 2.57. The molecule has 6 heteroatoms. The van der Waals surface area contributed by atoms with Gasteiger partial charge >= 0.3 is 0 Å². The van der Waals surface area contributed by atoms with E-state index in [-0.39, 0.29) is 5.91 Å². The molecule has 0 spiro atoms. The zero-order chi connectivity index (χ0) is 17.5. The van der Waals surface area contributed by atoms with Gasteiger partial charge in [0, 0.05) is 11.1 Å². The van der Waals surface area contributed by atoms with Crippen molar-refractivity contribution in [1.82, 2.24) is 0 Å². The van der Waals surface area contributed by atoms with E-state index < -0.39 is 0 Å². The van der Waals surface area contributed by atoms with Crippen molar-refractivity contribution in [2.24, 2.45) is 0 Å². The van der Waals surface area contributed by atoms with Crippen molar-refractivity contribution in [2.45, 2.75) is 13.8 Å². The molecular weight excluding hydrogens is 330 g/mol. The van der Waals surface area contributed by atoms with E-state index in [1.165, 1.54) is 7.11 Å². The topological polar surface area (TPSA) is 56.8 Å². The van der Waals surface area contributed by atoms with Crippen LogP contribution >= 0.6 is 11.6 Å². The summed E-state index contributed by atoms with van der Waals surface area (Å²) in [6.45, 7) is 4.79. The Hall–Kier alpha value is -2.40. The Morgan fingerprint density at radius 2 is 1.75 bits per heavy atom. The molecule has 0 aromatic heterocycles. The summed E-state index contributed by atoms with van der Waals surface area (Å²) in [5, 5.41) is 3.28. The predicted molar refractivity (Wildman–Crippen MR) is 94.7 cm³/mol. The fourth-order valence-corrected chi connectivity index (χ4v) is 2.36. The molecule has 1 amide bonds. The molecule has 128 valence electrons. The zero-order valence-electron chi connectivity index (χ0n) is 13.9. The van der Waals surface area contributed by atoms with Crippen molar-refractivity contribution in [3.63, 3.8) is 0 Å². The number of benzene rings is 2. The normalized spacial score (nSPS) is 10.2. The molecule has 0 atom stereocenters. The summed E-state index contributed by atoms with van der Waals surface area (Å²) >= 11 is 5.99. The van der Waals surface area contributed by atoms with E-state index in [4.69, 9.17) is 25.8 Å². The average molecular weight is 350 g/mol. The summed E-state index contributed by atoms with van der Waals surface area (Å²) in [6.07, 6.45) is 0. The highest BCUT2D eigenvalue weighted by atomic mass is 35.5. The van der Waals surface area contributed by atoms with Crippen LogP contribution in [0.15, 0.2) is 36.4 Å². The minimum absolute atomic E-state index is 0.342. The molecule has 2 aromatic rings. The van der Waals surface area contributed by atoms with Crippen molar-refractivity contribution in [2.75, 3.05) is 25.6 Å². The van der Waals surface area contributed by atoms with Gasteiger partial charge in [-0.1, -0.05) is 11.6 Å². The fourth-order valence-electron chi connectivity index (χ4n) is 2.19. The first-order valence-electron chi connectivity index (χ1n) is 7.63. The second-order valence-electron chi connectivity index (χ2n) is 4.82. The summed E-state index contributed by atoms with van der Waals surface area (Å²) in [5.74, 6) is 1.31. The van der Waals surface area contributed by atoms with E-state index in [1.807, 2.05) is 13.8 Å². The maximum Gasteiger partial charge on any atom is 0.259 e. The van der Waals surface area contributed by atoms with Crippen molar-refractivity contribution in [3.05, 3.63) is 47.0 Å². The van der Waals surface area contributed by atoms with Crippen LogP contribution in [0.25, 0.3) is 0 Å². The number of nitrogens with one attached hydrogen (secondary N) is 1. The molecule has 0 fully saturated rings. The van der Waals surface area contributed by atoms with E-state index in [1.54, 1.807) is 36.4 Å². The third-order valence-electron chi connectivity index (χ3n) is 3.22. The minimum atomic E-state index is -0.344. The monoisotopic (exact) mass is 349 g/mol. The summed E-state index contributed by atoms with van der Waals surface area (Å²) < 4.78 is 16.3.